The van der Waals surface area contributed by atoms with Gasteiger partial charge < -0.3 is 10.2 Å². The predicted molar refractivity (Wildman–Crippen MR) is 92.6 cm³/mol. The van der Waals surface area contributed by atoms with Crippen LogP contribution in [-0.4, -0.2) is 25.2 Å². The molecule has 1 saturated carbocycles. The monoisotopic (exact) mass is 354 g/mol. The molecule has 2 atom stereocenters. The van der Waals surface area contributed by atoms with Gasteiger partial charge in [-0.25, -0.2) is 0 Å². The molecule has 1 aliphatic heterocycles. The van der Waals surface area contributed by atoms with E-state index in [-0.39, 0.29) is 18.7 Å². The van der Waals surface area contributed by atoms with Crippen LogP contribution in [0.5, 0.6) is 0 Å². The Morgan fingerprint density at radius 2 is 1.68 bits per heavy atom. The van der Waals surface area contributed by atoms with Gasteiger partial charge in [-0.3, -0.25) is 4.79 Å². The molecule has 25 heavy (non-hydrogen) atoms. The second-order valence-electron chi connectivity index (χ2n) is 7.19. The molecule has 3 nitrogen and oxygen atoms in total. The lowest BCUT2D eigenvalue weighted by atomic mass is 9.80. The first-order valence-electron chi connectivity index (χ1n) is 9.16. The van der Waals surface area contributed by atoms with Gasteiger partial charge in [0.25, 0.3) is 0 Å². The topological polar surface area (TPSA) is 32.3 Å². The summed E-state index contributed by atoms with van der Waals surface area (Å²) < 4.78 is 38.7. The van der Waals surface area contributed by atoms with Crippen molar-refractivity contribution < 1.29 is 18.0 Å². The molecule has 1 heterocycles. The Hall–Kier alpha value is -1.72. The number of carbonyl (C=O) groups excluding carboxylic acids is 1. The number of halogens is 3. The van der Waals surface area contributed by atoms with Gasteiger partial charge in [0.15, 0.2) is 0 Å². The second-order valence-corrected chi connectivity index (χ2v) is 7.19. The van der Waals surface area contributed by atoms with Crippen molar-refractivity contribution >= 4 is 17.3 Å². The van der Waals surface area contributed by atoms with Crippen LogP contribution in [0.2, 0.25) is 0 Å². The Kier molecular flexibility index (Phi) is 5.54. The van der Waals surface area contributed by atoms with E-state index in [1.54, 1.807) is 0 Å². The van der Waals surface area contributed by atoms with Crippen LogP contribution in [0.3, 0.4) is 0 Å². The Labute approximate surface area is 146 Å². The lowest BCUT2D eigenvalue weighted by Gasteiger charge is -2.30. The molecule has 6 heteroatoms. The van der Waals surface area contributed by atoms with Crippen molar-refractivity contribution in [1.82, 2.24) is 0 Å². The van der Waals surface area contributed by atoms with Gasteiger partial charge in [-0.05, 0) is 62.8 Å². The lowest BCUT2D eigenvalue weighted by Crippen LogP contribution is -2.34. The average Bonchev–Trinajstić information content (AvgIpc) is 2.62. The number of rotatable bonds is 3. The van der Waals surface area contributed by atoms with E-state index in [0.717, 1.165) is 18.8 Å². The van der Waals surface area contributed by atoms with Gasteiger partial charge in [-0.1, -0.05) is 6.42 Å². The third-order valence-corrected chi connectivity index (χ3v) is 5.36. The SMILES string of the molecule is O=C(Nc1ccc(N2CCCCC2)cc1)C1CCCC(C(F)(F)F)C1. The van der Waals surface area contributed by atoms with Crippen molar-refractivity contribution in [2.45, 2.75) is 51.1 Å². The summed E-state index contributed by atoms with van der Waals surface area (Å²) in [6.07, 6.45) is 0.487. The molecule has 1 aromatic carbocycles. The standard InChI is InChI=1S/C19H25F3N2O/c20-19(21,22)15-6-4-5-14(13-15)18(25)23-16-7-9-17(10-8-16)24-11-2-1-3-12-24/h7-10,14-15H,1-6,11-13H2,(H,23,25). The lowest BCUT2D eigenvalue weighted by molar-refractivity contribution is -0.185. The van der Waals surface area contributed by atoms with Crippen LogP contribution in [-0.2, 0) is 4.79 Å². The highest BCUT2D eigenvalue weighted by molar-refractivity contribution is 5.92. The summed E-state index contributed by atoms with van der Waals surface area (Å²) in [7, 11) is 0. The van der Waals surface area contributed by atoms with Crippen LogP contribution in [0.1, 0.15) is 44.9 Å². The van der Waals surface area contributed by atoms with Crippen LogP contribution in [0.15, 0.2) is 24.3 Å². The van der Waals surface area contributed by atoms with E-state index < -0.39 is 18.0 Å². The van der Waals surface area contributed by atoms with E-state index in [0.29, 0.717) is 18.5 Å². The number of nitrogens with zero attached hydrogens (tertiary/aromatic N) is 1. The maximum absolute atomic E-state index is 12.9. The fraction of sp³-hybridized carbons (Fsp3) is 0.632. The zero-order valence-corrected chi connectivity index (χ0v) is 14.3. The van der Waals surface area contributed by atoms with E-state index in [9.17, 15) is 18.0 Å². The summed E-state index contributed by atoms with van der Waals surface area (Å²) in [5.74, 6) is -2.19. The molecular formula is C19H25F3N2O. The predicted octanol–water partition coefficient (Wildman–Crippen LogP) is 4.98. The van der Waals surface area contributed by atoms with Crippen LogP contribution >= 0.6 is 0 Å². The van der Waals surface area contributed by atoms with E-state index >= 15 is 0 Å². The van der Waals surface area contributed by atoms with Crippen molar-refractivity contribution in [3.63, 3.8) is 0 Å². The average molecular weight is 354 g/mol. The third kappa shape index (κ3) is 4.67. The highest BCUT2D eigenvalue weighted by Crippen LogP contribution is 2.40. The van der Waals surface area contributed by atoms with Gasteiger partial charge in [-0.2, -0.15) is 13.2 Å². The van der Waals surface area contributed by atoms with Gasteiger partial charge >= 0.3 is 6.18 Å². The van der Waals surface area contributed by atoms with Crippen molar-refractivity contribution in [1.29, 1.82) is 0 Å². The van der Waals surface area contributed by atoms with Crippen LogP contribution < -0.4 is 10.2 Å². The zero-order chi connectivity index (χ0) is 17.9. The normalized spacial score (nSPS) is 24.8. The van der Waals surface area contributed by atoms with Gasteiger partial charge in [0.05, 0.1) is 5.92 Å². The first-order valence-corrected chi connectivity index (χ1v) is 9.16. The van der Waals surface area contributed by atoms with Crippen molar-refractivity contribution in [3.05, 3.63) is 24.3 Å². The first-order chi connectivity index (χ1) is 11.9. The van der Waals surface area contributed by atoms with Gasteiger partial charge in [0, 0.05) is 30.4 Å². The molecule has 138 valence electrons. The largest absolute Gasteiger partial charge is 0.391 e. The number of hydrogen-bond donors (Lipinski definition) is 1. The number of hydrogen-bond acceptors (Lipinski definition) is 2. The minimum Gasteiger partial charge on any atom is -0.372 e. The van der Waals surface area contributed by atoms with Gasteiger partial charge in [0.2, 0.25) is 5.91 Å². The molecule has 2 unspecified atom stereocenters. The second kappa shape index (κ2) is 7.67. The summed E-state index contributed by atoms with van der Waals surface area (Å²) in [6.45, 7) is 2.10. The maximum Gasteiger partial charge on any atom is 0.391 e. The molecule has 1 aromatic rings. The van der Waals surface area contributed by atoms with Gasteiger partial charge in [-0.15, -0.1) is 0 Å². The molecule has 3 rings (SSSR count). The maximum atomic E-state index is 12.9. The quantitative estimate of drug-likeness (QED) is 0.830. The summed E-state index contributed by atoms with van der Waals surface area (Å²) in [4.78, 5) is 14.7. The number of nitrogens with one attached hydrogen (secondary N) is 1. The zero-order valence-electron chi connectivity index (χ0n) is 14.3. The molecule has 1 aliphatic carbocycles. The minimum absolute atomic E-state index is 0.0960. The van der Waals surface area contributed by atoms with Crippen molar-refractivity contribution in [3.8, 4) is 0 Å². The fourth-order valence-electron chi connectivity index (χ4n) is 3.88. The Balaban J connectivity index is 1.57. The molecule has 1 amide bonds. The van der Waals surface area contributed by atoms with E-state index in [4.69, 9.17) is 0 Å². The number of carbonyl (C=O) groups is 1. The number of benzene rings is 1. The van der Waals surface area contributed by atoms with Crippen molar-refractivity contribution in [2.24, 2.45) is 11.8 Å². The summed E-state index contributed by atoms with van der Waals surface area (Å²) in [5.41, 5.74) is 1.78. The number of alkyl halides is 3. The van der Waals surface area contributed by atoms with Crippen LogP contribution in [0.25, 0.3) is 0 Å². The minimum atomic E-state index is -4.20. The van der Waals surface area contributed by atoms with E-state index in [1.807, 2.05) is 24.3 Å². The summed E-state index contributed by atoms with van der Waals surface area (Å²) >= 11 is 0. The van der Waals surface area contributed by atoms with Crippen LogP contribution in [0.4, 0.5) is 24.5 Å². The molecule has 0 spiro atoms. The highest BCUT2D eigenvalue weighted by atomic mass is 19.4. The highest BCUT2D eigenvalue weighted by Gasteiger charge is 2.43. The number of piperidine rings is 1. The molecule has 1 saturated heterocycles. The van der Waals surface area contributed by atoms with Gasteiger partial charge in [0.1, 0.15) is 0 Å². The van der Waals surface area contributed by atoms with E-state index in [2.05, 4.69) is 10.2 Å². The molecule has 1 N–H and O–H groups in total. The molecule has 2 aliphatic rings. The molecule has 0 aromatic heterocycles. The molecule has 0 radical (unpaired) electrons. The van der Waals surface area contributed by atoms with Crippen molar-refractivity contribution in [2.75, 3.05) is 23.3 Å². The summed E-state index contributed by atoms with van der Waals surface area (Å²) in [5, 5.41) is 2.79. The third-order valence-electron chi connectivity index (χ3n) is 5.36. The number of amides is 1. The molecule has 0 bridgehead atoms. The molecule has 2 fully saturated rings. The Morgan fingerprint density at radius 3 is 2.32 bits per heavy atom. The van der Waals surface area contributed by atoms with Crippen LogP contribution in [0, 0.1) is 11.8 Å². The fourth-order valence-corrected chi connectivity index (χ4v) is 3.88. The Morgan fingerprint density at radius 1 is 1.00 bits per heavy atom. The van der Waals surface area contributed by atoms with E-state index in [1.165, 1.54) is 19.3 Å². The number of anilines is 2. The summed E-state index contributed by atoms with van der Waals surface area (Å²) in [6, 6.07) is 7.62. The first kappa shape index (κ1) is 18.1. The molecular weight excluding hydrogens is 329 g/mol. The Bertz CT molecular complexity index is 579. The smallest absolute Gasteiger partial charge is 0.372 e.